The van der Waals surface area contributed by atoms with Gasteiger partial charge >= 0.3 is 6.03 Å². The lowest BCUT2D eigenvalue weighted by atomic mass is 10.0. The summed E-state index contributed by atoms with van der Waals surface area (Å²) in [6.07, 6.45) is 0.562. The van der Waals surface area contributed by atoms with E-state index >= 15 is 0 Å². The highest BCUT2D eigenvalue weighted by Crippen LogP contribution is 2.27. The smallest absolute Gasteiger partial charge is 0.322 e. The number of carbonyl (C=O) groups is 2. The summed E-state index contributed by atoms with van der Waals surface area (Å²) in [4.78, 5) is 31.9. The van der Waals surface area contributed by atoms with Crippen molar-refractivity contribution in [1.82, 2.24) is 24.5 Å². The maximum atomic E-state index is 13.4. The van der Waals surface area contributed by atoms with E-state index in [4.69, 9.17) is 21.4 Å². The number of amides is 3. The van der Waals surface area contributed by atoms with Gasteiger partial charge in [-0.1, -0.05) is 11.6 Å². The molecule has 2 aromatic rings. The highest BCUT2D eigenvalue weighted by molar-refractivity contribution is 6.31. The van der Waals surface area contributed by atoms with Crippen LogP contribution in [0.1, 0.15) is 21.7 Å². The molecule has 1 atom stereocenters. The molecular formula is C22H26ClFN6O3. The van der Waals surface area contributed by atoms with Gasteiger partial charge in [0.05, 0.1) is 37.0 Å². The molecule has 1 unspecified atom stereocenters. The van der Waals surface area contributed by atoms with Crippen LogP contribution in [-0.2, 0) is 24.2 Å². The molecule has 0 radical (unpaired) electrons. The Morgan fingerprint density at radius 1 is 1.24 bits per heavy atom. The topological polar surface area (TPSA) is 82.9 Å². The molecular weight excluding hydrogens is 451 g/mol. The molecule has 1 saturated heterocycles. The second kappa shape index (κ2) is 8.92. The Morgan fingerprint density at radius 3 is 2.79 bits per heavy atom. The second-order valence-corrected chi connectivity index (χ2v) is 9.08. The first-order valence-electron chi connectivity index (χ1n) is 11.1. The number of carbonyl (C=O) groups excluding carboxylic acids is 2. The maximum Gasteiger partial charge on any atom is 0.322 e. The quantitative estimate of drug-likeness (QED) is 0.717. The molecule has 3 amide bonds. The summed E-state index contributed by atoms with van der Waals surface area (Å²) in [5.74, 6) is -0.620. The highest BCUT2D eigenvalue weighted by atomic mass is 35.5. The third-order valence-electron chi connectivity index (χ3n) is 6.54. The van der Waals surface area contributed by atoms with Crippen molar-refractivity contribution in [3.63, 3.8) is 0 Å². The van der Waals surface area contributed by atoms with E-state index < -0.39 is 5.82 Å². The van der Waals surface area contributed by atoms with Gasteiger partial charge in [-0.3, -0.25) is 14.4 Å². The van der Waals surface area contributed by atoms with Gasteiger partial charge in [0.15, 0.2) is 0 Å². The molecule has 0 aliphatic carbocycles. The summed E-state index contributed by atoms with van der Waals surface area (Å²) in [6, 6.07) is 3.88. The largest absolute Gasteiger partial charge is 0.379 e. The summed E-state index contributed by atoms with van der Waals surface area (Å²) >= 11 is 5.82. The lowest BCUT2D eigenvalue weighted by Gasteiger charge is -2.35. The van der Waals surface area contributed by atoms with Crippen LogP contribution in [-0.4, -0.2) is 88.9 Å². The van der Waals surface area contributed by atoms with Crippen molar-refractivity contribution in [1.29, 1.82) is 0 Å². The lowest BCUT2D eigenvalue weighted by molar-refractivity contribution is 0.00773. The summed E-state index contributed by atoms with van der Waals surface area (Å²) < 4.78 is 20.7. The van der Waals surface area contributed by atoms with Gasteiger partial charge in [-0.05, 0) is 18.2 Å². The van der Waals surface area contributed by atoms with Gasteiger partial charge in [0, 0.05) is 56.9 Å². The summed E-state index contributed by atoms with van der Waals surface area (Å²) in [5, 5.41) is 7.48. The van der Waals surface area contributed by atoms with E-state index in [1.807, 2.05) is 11.7 Å². The molecule has 3 aliphatic rings. The number of rotatable bonds is 2. The average molecular weight is 477 g/mol. The maximum absolute atomic E-state index is 13.4. The number of likely N-dealkylation sites (N-methyl/N-ethyl adjacent to an activating group) is 1. The SMILES string of the molecule is CN1CC(N2CCOCC2)Cn2nc3c(c2C1=O)CN(C(=O)Nc1ccc(F)c(Cl)c1)CC3. The van der Waals surface area contributed by atoms with Gasteiger partial charge in [0.2, 0.25) is 0 Å². The number of aromatic nitrogens is 2. The van der Waals surface area contributed by atoms with Gasteiger partial charge in [-0.25, -0.2) is 9.18 Å². The number of hydrogen-bond acceptors (Lipinski definition) is 5. The zero-order chi connectivity index (χ0) is 23.1. The first-order chi connectivity index (χ1) is 15.9. The third kappa shape index (κ3) is 4.30. The summed E-state index contributed by atoms with van der Waals surface area (Å²) in [5.41, 5.74) is 2.64. The number of fused-ring (bicyclic) bond motifs is 3. The molecule has 1 fully saturated rings. The standard InChI is InChI=1S/C22H26ClFN6O3/c1-27-11-15(28-6-8-33-9-7-28)12-30-20(21(27)31)16-13-29(5-4-19(16)26-30)22(32)25-14-2-3-18(24)17(23)10-14/h2-3,10,15H,4-9,11-13H2,1H3,(H,25,32). The van der Waals surface area contributed by atoms with E-state index in [2.05, 4.69) is 10.2 Å². The Labute approximate surface area is 196 Å². The monoisotopic (exact) mass is 476 g/mol. The van der Waals surface area contributed by atoms with Crippen LogP contribution in [0.4, 0.5) is 14.9 Å². The Morgan fingerprint density at radius 2 is 2.03 bits per heavy atom. The Kier molecular flexibility index (Phi) is 5.98. The highest BCUT2D eigenvalue weighted by Gasteiger charge is 2.36. The van der Waals surface area contributed by atoms with Gasteiger partial charge < -0.3 is 19.9 Å². The molecule has 1 aromatic heterocycles. The lowest BCUT2D eigenvalue weighted by Crippen LogP contribution is -2.49. The first kappa shape index (κ1) is 22.1. The van der Waals surface area contributed by atoms with Gasteiger partial charge in [-0.15, -0.1) is 0 Å². The minimum atomic E-state index is -0.544. The molecule has 4 heterocycles. The van der Waals surface area contributed by atoms with E-state index in [1.54, 1.807) is 9.80 Å². The number of ether oxygens (including phenoxy) is 1. The number of anilines is 1. The van der Waals surface area contributed by atoms with Crippen LogP contribution >= 0.6 is 11.6 Å². The molecule has 0 saturated carbocycles. The number of nitrogens with one attached hydrogen (secondary N) is 1. The van der Waals surface area contributed by atoms with Gasteiger partial charge in [0.1, 0.15) is 11.5 Å². The number of nitrogens with zero attached hydrogens (tertiary/aromatic N) is 5. The number of halogens is 2. The molecule has 0 spiro atoms. The van der Waals surface area contributed by atoms with Crippen LogP contribution in [0.5, 0.6) is 0 Å². The van der Waals surface area contributed by atoms with Crippen molar-refractivity contribution >= 4 is 29.2 Å². The summed E-state index contributed by atoms with van der Waals surface area (Å²) in [7, 11) is 1.82. The van der Waals surface area contributed by atoms with Crippen LogP contribution in [0.25, 0.3) is 0 Å². The number of urea groups is 1. The average Bonchev–Trinajstić information content (AvgIpc) is 3.12. The fourth-order valence-corrected chi connectivity index (χ4v) is 4.94. The zero-order valence-electron chi connectivity index (χ0n) is 18.4. The second-order valence-electron chi connectivity index (χ2n) is 8.67. The number of benzene rings is 1. The molecule has 11 heteroatoms. The number of morpholine rings is 1. The Balaban J connectivity index is 1.36. The normalized spacial score (nSPS) is 21.4. The van der Waals surface area contributed by atoms with Crippen molar-refractivity contribution in [2.45, 2.75) is 25.6 Å². The molecule has 1 N–H and O–H groups in total. The van der Waals surface area contributed by atoms with Crippen LogP contribution in [0, 0.1) is 5.82 Å². The summed E-state index contributed by atoms with van der Waals surface area (Å²) in [6.45, 7) is 5.06. The minimum Gasteiger partial charge on any atom is -0.379 e. The van der Waals surface area contributed by atoms with Crippen LogP contribution < -0.4 is 5.32 Å². The first-order valence-corrected chi connectivity index (χ1v) is 11.5. The van der Waals surface area contributed by atoms with E-state index in [0.29, 0.717) is 50.7 Å². The van der Waals surface area contributed by atoms with E-state index in [9.17, 15) is 14.0 Å². The van der Waals surface area contributed by atoms with Crippen molar-refractivity contribution in [3.05, 3.63) is 46.0 Å². The van der Waals surface area contributed by atoms with E-state index in [1.165, 1.54) is 18.2 Å². The van der Waals surface area contributed by atoms with Crippen LogP contribution in [0.3, 0.4) is 0 Å². The van der Waals surface area contributed by atoms with Crippen LogP contribution in [0.15, 0.2) is 18.2 Å². The van der Waals surface area contributed by atoms with Crippen molar-refractivity contribution in [2.75, 3.05) is 51.8 Å². The molecule has 9 nitrogen and oxygen atoms in total. The predicted molar refractivity (Wildman–Crippen MR) is 120 cm³/mol. The fraction of sp³-hybridized carbons (Fsp3) is 0.500. The van der Waals surface area contributed by atoms with E-state index in [-0.39, 0.29) is 29.5 Å². The fourth-order valence-electron chi connectivity index (χ4n) is 4.76. The van der Waals surface area contributed by atoms with Crippen molar-refractivity contribution < 1.29 is 18.7 Å². The predicted octanol–water partition coefficient (Wildman–Crippen LogP) is 2.05. The molecule has 5 rings (SSSR count). The van der Waals surface area contributed by atoms with Crippen LogP contribution in [0.2, 0.25) is 5.02 Å². The third-order valence-corrected chi connectivity index (χ3v) is 6.83. The minimum absolute atomic E-state index is 0.0564. The Bertz CT molecular complexity index is 1090. The van der Waals surface area contributed by atoms with Gasteiger partial charge in [-0.2, -0.15) is 5.10 Å². The van der Waals surface area contributed by atoms with Crippen molar-refractivity contribution in [3.8, 4) is 0 Å². The van der Waals surface area contributed by atoms with E-state index in [0.717, 1.165) is 24.3 Å². The molecule has 0 bridgehead atoms. The molecule has 176 valence electrons. The zero-order valence-corrected chi connectivity index (χ0v) is 19.1. The molecule has 3 aliphatic heterocycles. The molecule has 33 heavy (non-hydrogen) atoms. The molecule has 1 aromatic carbocycles. The Hall–Kier alpha value is -2.69. The van der Waals surface area contributed by atoms with Gasteiger partial charge in [0.25, 0.3) is 5.91 Å². The number of hydrogen-bond donors (Lipinski definition) is 1. The van der Waals surface area contributed by atoms with Crippen molar-refractivity contribution in [2.24, 2.45) is 0 Å².